The molecule has 0 amide bonds. The molecule has 1 atom stereocenters. The number of nitrogens with one attached hydrogen (secondary N) is 3. The Bertz CT molecular complexity index is 982. The van der Waals surface area contributed by atoms with Crippen LogP contribution in [0.25, 0.3) is 0 Å². The SMILES string of the molecule is CN=C(NCCNS(=O)(=O)c1cc(C)sc1C)NC(C)Cc1c(C)nn(C)c1C.I. The van der Waals surface area contributed by atoms with Crippen LogP contribution in [0.2, 0.25) is 0 Å². The summed E-state index contributed by atoms with van der Waals surface area (Å²) >= 11 is 1.48. The fourth-order valence-corrected chi connectivity index (χ4v) is 5.80. The van der Waals surface area contributed by atoms with E-state index in [-0.39, 0.29) is 36.6 Å². The van der Waals surface area contributed by atoms with Gasteiger partial charge in [-0.15, -0.1) is 35.3 Å². The molecule has 2 heterocycles. The Morgan fingerprint density at radius 3 is 2.43 bits per heavy atom. The van der Waals surface area contributed by atoms with Crippen molar-refractivity contribution in [2.75, 3.05) is 20.1 Å². The maximum absolute atomic E-state index is 12.4. The molecule has 0 aromatic carbocycles. The molecule has 0 spiro atoms. The number of aliphatic imine (C=N–C) groups is 1. The number of sulfonamides is 1. The molecule has 1 unspecified atom stereocenters. The van der Waals surface area contributed by atoms with Gasteiger partial charge in [-0.25, -0.2) is 13.1 Å². The van der Waals surface area contributed by atoms with Gasteiger partial charge < -0.3 is 10.6 Å². The highest BCUT2D eigenvalue weighted by molar-refractivity contribution is 14.0. The fraction of sp³-hybridized carbons (Fsp3) is 0.579. The molecular weight excluding hydrogens is 535 g/mol. The normalized spacial score (nSPS) is 13.1. The average Bonchev–Trinajstić information content (AvgIpc) is 3.10. The average molecular weight is 569 g/mol. The first-order valence-corrected chi connectivity index (χ1v) is 11.9. The molecule has 0 bridgehead atoms. The van der Waals surface area contributed by atoms with Crippen LogP contribution in [-0.2, 0) is 23.5 Å². The van der Waals surface area contributed by atoms with Gasteiger partial charge in [-0.3, -0.25) is 9.67 Å². The predicted molar refractivity (Wildman–Crippen MR) is 135 cm³/mol. The quantitative estimate of drug-likeness (QED) is 0.197. The van der Waals surface area contributed by atoms with E-state index in [1.54, 1.807) is 13.1 Å². The standard InChI is InChI=1S/C19H32N6O2S2.HI/c1-12(10-17-14(3)24-25(7)15(17)4)23-19(20-6)21-8-9-22-29(26,27)18-11-13(2)28-16(18)5;/h11-12,22H,8-10H2,1-7H3,(H2,20,21,23);1H. The number of hydrogen-bond acceptors (Lipinski definition) is 5. The summed E-state index contributed by atoms with van der Waals surface area (Å²) in [7, 11) is 0.153. The second-order valence-electron chi connectivity index (χ2n) is 7.20. The van der Waals surface area contributed by atoms with Gasteiger partial charge in [-0.05, 0) is 52.7 Å². The van der Waals surface area contributed by atoms with E-state index < -0.39 is 10.0 Å². The molecule has 8 nitrogen and oxygen atoms in total. The summed E-state index contributed by atoms with van der Waals surface area (Å²) in [6, 6.07) is 1.86. The summed E-state index contributed by atoms with van der Waals surface area (Å²) in [5.74, 6) is 0.637. The topological polar surface area (TPSA) is 100 Å². The van der Waals surface area contributed by atoms with Gasteiger partial charge in [-0.1, -0.05) is 0 Å². The Morgan fingerprint density at radius 2 is 1.93 bits per heavy atom. The highest BCUT2D eigenvalue weighted by Crippen LogP contribution is 2.24. The second kappa shape index (κ2) is 11.4. The van der Waals surface area contributed by atoms with Crippen LogP contribution in [-0.4, -0.2) is 50.3 Å². The van der Waals surface area contributed by atoms with Gasteiger partial charge in [0.2, 0.25) is 10.0 Å². The molecular formula is C19H33IN6O2S2. The maximum Gasteiger partial charge on any atom is 0.241 e. The second-order valence-corrected chi connectivity index (χ2v) is 10.4. The van der Waals surface area contributed by atoms with E-state index in [0.717, 1.165) is 27.6 Å². The lowest BCUT2D eigenvalue weighted by molar-refractivity contribution is 0.579. The van der Waals surface area contributed by atoms with Crippen LogP contribution in [0, 0.1) is 27.7 Å². The number of aryl methyl sites for hydroxylation is 4. The molecule has 2 aromatic rings. The van der Waals surface area contributed by atoms with Crippen LogP contribution in [0.1, 0.15) is 33.6 Å². The first-order chi connectivity index (χ1) is 13.5. The van der Waals surface area contributed by atoms with Crippen molar-refractivity contribution in [1.29, 1.82) is 0 Å². The highest BCUT2D eigenvalue weighted by Gasteiger charge is 2.18. The maximum atomic E-state index is 12.4. The number of aromatic nitrogens is 2. The number of halogens is 1. The largest absolute Gasteiger partial charge is 0.355 e. The van der Waals surface area contributed by atoms with Crippen LogP contribution in [0.3, 0.4) is 0 Å². The monoisotopic (exact) mass is 568 g/mol. The summed E-state index contributed by atoms with van der Waals surface area (Å²) < 4.78 is 29.4. The van der Waals surface area contributed by atoms with Crippen molar-refractivity contribution in [2.24, 2.45) is 12.0 Å². The van der Waals surface area contributed by atoms with Crippen molar-refractivity contribution < 1.29 is 8.42 Å². The molecule has 11 heteroatoms. The van der Waals surface area contributed by atoms with Gasteiger partial charge in [0.1, 0.15) is 0 Å². The van der Waals surface area contributed by atoms with Crippen molar-refractivity contribution in [3.8, 4) is 0 Å². The lowest BCUT2D eigenvalue weighted by atomic mass is 10.1. The zero-order valence-electron chi connectivity index (χ0n) is 18.7. The zero-order chi connectivity index (χ0) is 21.8. The van der Waals surface area contributed by atoms with Gasteiger partial charge in [0.25, 0.3) is 0 Å². The van der Waals surface area contributed by atoms with Gasteiger partial charge >= 0.3 is 0 Å². The van der Waals surface area contributed by atoms with Crippen molar-refractivity contribution in [1.82, 2.24) is 25.1 Å². The van der Waals surface area contributed by atoms with Crippen molar-refractivity contribution in [3.63, 3.8) is 0 Å². The molecule has 0 aliphatic carbocycles. The fourth-order valence-electron chi connectivity index (χ4n) is 3.22. The van der Waals surface area contributed by atoms with Gasteiger partial charge in [-0.2, -0.15) is 5.10 Å². The number of guanidine groups is 1. The lowest BCUT2D eigenvalue weighted by Crippen LogP contribution is -2.45. The van der Waals surface area contributed by atoms with Gasteiger partial charge in [0, 0.05) is 48.7 Å². The Morgan fingerprint density at radius 1 is 1.27 bits per heavy atom. The summed E-state index contributed by atoms with van der Waals surface area (Å²) in [5, 5.41) is 11.0. The number of rotatable bonds is 8. The Balaban J connectivity index is 0.00000450. The minimum atomic E-state index is -3.49. The van der Waals surface area contributed by atoms with Gasteiger partial charge in [0.15, 0.2) is 5.96 Å². The van der Waals surface area contributed by atoms with E-state index in [1.165, 1.54) is 16.9 Å². The number of hydrogen-bond donors (Lipinski definition) is 3. The molecule has 0 saturated carbocycles. The molecule has 2 aromatic heterocycles. The number of nitrogens with zero attached hydrogens (tertiary/aromatic N) is 3. The summed E-state index contributed by atoms with van der Waals surface area (Å²) in [6.45, 7) is 10.6. The van der Waals surface area contributed by atoms with E-state index >= 15 is 0 Å². The third kappa shape index (κ3) is 6.92. The first kappa shape index (κ1) is 26.9. The van der Waals surface area contributed by atoms with Gasteiger partial charge in [0.05, 0.1) is 10.6 Å². The van der Waals surface area contributed by atoms with Crippen molar-refractivity contribution in [3.05, 3.63) is 32.8 Å². The molecule has 0 aliphatic heterocycles. The molecule has 3 N–H and O–H groups in total. The Labute approximate surface area is 201 Å². The van der Waals surface area contributed by atoms with Crippen molar-refractivity contribution >= 4 is 51.3 Å². The molecule has 2 rings (SSSR count). The zero-order valence-corrected chi connectivity index (χ0v) is 22.6. The van der Waals surface area contributed by atoms with E-state index in [1.807, 2.05) is 32.5 Å². The third-order valence-electron chi connectivity index (χ3n) is 4.77. The van der Waals surface area contributed by atoms with E-state index in [0.29, 0.717) is 17.4 Å². The van der Waals surface area contributed by atoms with E-state index in [9.17, 15) is 8.42 Å². The summed E-state index contributed by atoms with van der Waals surface area (Å²) in [5.41, 5.74) is 3.43. The minimum Gasteiger partial charge on any atom is -0.355 e. The van der Waals surface area contributed by atoms with E-state index in [2.05, 4.69) is 39.3 Å². The van der Waals surface area contributed by atoms with E-state index in [4.69, 9.17) is 0 Å². The molecule has 0 fully saturated rings. The molecule has 30 heavy (non-hydrogen) atoms. The first-order valence-electron chi connectivity index (χ1n) is 9.58. The lowest BCUT2D eigenvalue weighted by Gasteiger charge is -2.18. The minimum absolute atomic E-state index is 0. The molecule has 0 saturated heterocycles. The smallest absolute Gasteiger partial charge is 0.241 e. The molecule has 170 valence electrons. The third-order valence-corrected chi connectivity index (χ3v) is 7.45. The predicted octanol–water partition coefficient (Wildman–Crippen LogP) is 2.41. The highest BCUT2D eigenvalue weighted by atomic mass is 127. The molecule has 0 aliphatic rings. The number of thiophene rings is 1. The van der Waals surface area contributed by atoms with Crippen LogP contribution in [0.5, 0.6) is 0 Å². The Hall–Kier alpha value is -1.18. The van der Waals surface area contributed by atoms with Crippen LogP contribution < -0.4 is 15.4 Å². The van der Waals surface area contributed by atoms with Crippen molar-refractivity contribution in [2.45, 2.75) is 52.0 Å². The van der Waals surface area contributed by atoms with Crippen LogP contribution in [0.15, 0.2) is 16.0 Å². The summed E-state index contributed by atoms with van der Waals surface area (Å²) in [4.78, 5) is 6.37. The Kier molecular flexibility index (Phi) is 10.2. The molecule has 0 radical (unpaired) electrons. The summed E-state index contributed by atoms with van der Waals surface area (Å²) in [6.07, 6.45) is 0.829. The van der Waals surface area contributed by atoms with Crippen LogP contribution in [0.4, 0.5) is 0 Å². The van der Waals surface area contributed by atoms with Crippen LogP contribution >= 0.6 is 35.3 Å².